The van der Waals surface area contributed by atoms with Crippen LogP contribution in [0.2, 0.25) is 0 Å². The molecule has 0 N–H and O–H groups in total. The lowest BCUT2D eigenvalue weighted by Crippen LogP contribution is -2.02. The molecule has 0 amide bonds. The Labute approximate surface area is 102 Å². The van der Waals surface area contributed by atoms with Crippen LogP contribution in [0.1, 0.15) is 36.3 Å². The van der Waals surface area contributed by atoms with Crippen molar-refractivity contribution in [3.05, 3.63) is 23.3 Å². The maximum absolute atomic E-state index is 9.23. The van der Waals surface area contributed by atoms with E-state index in [1.165, 1.54) is 0 Å². The summed E-state index contributed by atoms with van der Waals surface area (Å²) in [6.45, 7) is 0. The molecule has 1 aliphatic rings. The lowest BCUT2D eigenvalue weighted by atomic mass is 9.93. The van der Waals surface area contributed by atoms with E-state index in [0.29, 0.717) is 0 Å². The van der Waals surface area contributed by atoms with E-state index in [2.05, 4.69) is 6.07 Å². The summed E-state index contributed by atoms with van der Waals surface area (Å²) in [5, 5.41) is 9.23. The lowest BCUT2D eigenvalue weighted by Gasteiger charge is -2.16. The molecule has 1 atom stereocenters. The van der Waals surface area contributed by atoms with Gasteiger partial charge in [-0.2, -0.15) is 5.26 Å². The number of ether oxygens (including phenoxy) is 2. The summed E-state index contributed by atoms with van der Waals surface area (Å²) in [5.74, 6) is 1.55. The molecule has 1 aromatic carbocycles. The highest BCUT2D eigenvalue weighted by molar-refractivity contribution is 5.53. The molecule has 0 bridgehead atoms. The molecule has 0 radical (unpaired) electrons. The van der Waals surface area contributed by atoms with Gasteiger partial charge in [0.05, 0.1) is 26.2 Å². The highest BCUT2D eigenvalue weighted by Crippen LogP contribution is 2.40. The standard InChI is InChI=1S/C14H17NO2/c1-16-13-8-7-11-10(9-15)5-3-4-6-12(11)14(13)17-2/h7-8,10H,3-6H2,1-2H3/t10-/m0/s1. The molecular formula is C14H17NO2. The van der Waals surface area contributed by atoms with Gasteiger partial charge in [-0.1, -0.05) is 12.5 Å². The van der Waals surface area contributed by atoms with Crippen molar-refractivity contribution in [2.45, 2.75) is 31.6 Å². The normalized spacial score (nSPS) is 18.8. The molecule has 3 heteroatoms. The number of hydrogen-bond acceptors (Lipinski definition) is 3. The fourth-order valence-corrected chi connectivity index (χ4v) is 2.53. The molecule has 17 heavy (non-hydrogen) atoms. The first-order chi connectivity index (χ1) is 8.31. The average molecular weight is 231 g/mol. The van der Waals surface area contributed by atoms with Gasteiger partial charge < -0.3 is 9.47 Å². The van der Waals surface area contributed by atoms with E-state index in [-0.39, 0.29) is 5.92 Å². The Morgan fingerprint density at radius 2 is 2.06 bits per heavy atom. The van der Waals surface area contributed by atoms with Crippen LogP contribution in [0.25, 0.3) is 0 Å². The minimum absolute atomic E-state index is 0.00712. The fraction of sp³-hybridized carbons (Fsp3) is 0.500. The third kappa shape index (κ3) is 2.08. The fourth-order valence-electron chi connectivity index (χ4n) is 2.53. The molecule has 0 aliphatic heterocycles. The highest BCUT2D eigenvalue weighted by Gasteiger charge is 2.23. The van der Waals surface area contributed by atoms with Crippen molar-refractivity contribution in [1.82, 2.24) is 0 Å². The van der Waals surface area contributed by atoms with Crippen molar-refractivity contribution in [1.29, 1.82) is 5.26 Å². The molecule has 0 fully saturated rings. The molecule has 3 nitrogen and oxygen atoms in total. The predicted molar refractivity (Wildman–Crippen MR) is 65.5 cm³/mol. The Morgan fingerprint density at radius 1 is 1.24 bits per heavy atom. The minimum atomic E-state index is -0.00712. The first-order valence-corrected chi connectivity index (χ1v) is 5.95. The lowest BCUT2D eigenvalue weighted by molar-refractivity contribution is 0.351. The van der Waals surface area contributed by atoms with Crippen LogP contribution >= 0.6 is 0 Å². The van der Waals surface area contributed by atoms with Crippen LogP contribution in [0.3, 0.4) is 0 Å². The van der Waals surface area contributed by atoms with E-state index in [9.17, 15) is 5.26 Å². The zero-order chi connectivity index (χ0) is 12.3. The SMILES string of the molecule is COc1ccc2c(c1OC)CCCC[C@H]2C#N. The zero-order valence-electron chi connectivity index (χ0n) is 10.3. The number of nitrogens with zero attached hydrogens (tertiary/aromatic N) is 1. The van der Waals surface area contributed by atoms with Gasteiger partial charge in [0.1, 0.15) is 0 Å². The smallest absolute Gasteiger partial charge is 0.164 e. The highest BCUT2D eigenvalue weighted by atomic mass is 16.5. The summed E-state index contributed by atoms with van der Waals surface area (Å²) in [4.78, 5) is 0. The van der Waals surface area contributed by atoms with E-state index < -0.39 is 0 Å². The van der Waals surface area contributed by atoms with Gasteiger partial charge in [0.15, 0.2) is 11.5 Å². The van der Waals surface area contributed by atoms with Crippen molar-refractivity contribution in [2.24, 2.45) is 0 Å². The van der Waals surface area contributed by atoms with Crippen molar-refractivity contribution < 1.29 is 9.47 Å². The number of nitriles is 1. The van der Waals surface area contributed by atoms with E-state index in [4.69, 9.17) is 9.47 Å². The molecule has 0 spiro atoms. The van der Waals surface area contributed by atoms with Crippen molar-refractivity contribution >= 4 is 0 Å². The monoisotopic (exact) mass is 231 g/mol. The molecule has 0 saturated carbocycles. The van der Waals surface area contributed by atoms with Crippen LogP contribution in [0.4, 0.5) is 0 Å². The third-order valence-electron chi connectivity index (χ3n) is 3.39. The van der Waals surface area contributed by atoms with Gasteiger partial charge in [-0.25, -0.2) is 0 Å². The van der Waals surface area contributed by atoms with Crippen LogP contribution < -0.4 is 9.47 Å². The van der Waals surface area contributed by atoms with Gasteiger partial charge in [-0.05, 0) is 30.9 Å². The summed E-state index contributed by atoms with van der Waals surface area (Å²) in [7, 11) is 3.30. The van der Waals surface area contributed by atoms with E-state index in [0.717, 1.165) is 48.3 Å². The Kier molecular flexibility index (Phi) is 3.53. The second-order valence-corrected chi connectivity index (χ2v) is 4.30. The summed E-state index contributed by atoms with van der Waals surface area (Å²) in [6, 6.07) is 6.30. The molecule has 90 valence electrons. The number of rotatable bonds is 2. The van der Waals surface area contributed by atoms with Gasteiger partial charge in [0.2, 0.25) is 0 Å². The van der Waals surface area contributed by atoms with Gasteiger partial charge in [0.25, 0.3) is 0 Å². The van der Waals surface area contributed by atoms with Gasteiger partial charge in [0, 0.05) is 5.56 Å². The van der Waals surface area contributed by atoms with Crippen LogP contribution in [0.5, 0.6) is 11.5 Å². The van der Waals surface area contributed by atoms with Gasteiger partial charge in [-0.3, -0.25) is 0 Å². The maximum Gasteiger partial charge on any atom is 0.164 e. The Hall–Kier alpha value is -1.69. The Balaban J connectivity index is 2.56. The molecular weight excluding hydrogens is 214 g/mol. The number of fused-ring (bicyclic) bond motifs is 1. The van der Waals surface area contributed by atoms with E-state index in [1.54, 1.807) is 14.2 Å². The molecule has 1 aromatic rings. The van der Waals surface area contributed by atoms with Gasteiger partial charge in [-0.15, -0.1) is 0 Å². The predicted octanol–water partition coefficient (Wildman–Crippen LogP) is 3.04. The maximum atomic E-state index is 9.23. The largest absolute Gasteiger partial charge is 0.493 e. The summed E-state index contributed by atoms with van der Waals surface area (Å²) in [6.07, 6.45) is 4.11. The van der Waals surface area contributed by atoms with Crippen LogP contribution in [0, 0.1) is 11.3 Å². The second kappa shape index (κ2) is 5.09. The summed E-state index contributed by atoms with van der Waals surface area (Å²) >= 11 is 0. The first kappa shape index (κ1) is 11.8. The summed E-state index contributed by atoms with van der Waals surface area (Å²) < 4.78 is 10.8. The zero-order valence-corrected chi connectivity index (χ0v) is 10.3. The number of hydrogen-bond donors (Lipinski definition) is 0. The van der Waals surface area contributed by atoms with Crippen molar-refractivity contribution in [2.75, 3.05) is 14.2 Å². The quantitative estimate of drug-likeness (QED) is 0.735. The summed E-state index contributed by atoms with van der Waals surface area (Å²) in [5.41, 5.74) is 2.26. The number of benzene rings is 1. The molecule has 0 saturated heterocycles. The first-order valence-electron chi connectivity index (χ1n) is 5.95. The molecule has 0 aromatic heterocycles. The minimum Gasteiger partial charge on any atom is -0.493 e. The Morgan fingerprint density at radius 3 is 2.71 bits per heavy atom. The number of methoxy groups -OCH3 is 2. The van der Waals surface area contributed by atoms with Crippen LogP contribution in [-0.2, 0) is 6.42 Å². The molecule has 2 rings (SSSR count). The van der Waals surface area contributed by atoms with Crippen LogP contribution in [-0.4, -0.2) is 14.2 Å². The van der Waals surface area contributed by atoms with E-state index >= 15 is 0 Å². The van der Waals surface area contributed by atoms with Crippen molar-refractivity contribution in [3.8, 4) is 17.6 Å². The molecule has 0 unspecified atom stereocenters. The second-order valence-electron chi connectivity index (χ2n) is 4.30. The van der Waals surface area contributed by atoms with Crippen LogP contribution in [0.15, 0.2) is 12.1 Å². The Bertz CT molecular complexity index is 448. The third-order valence-corrected chi connectivity index (χ3v) is 3.39. The average Bonchev–Trinajstić information content (AvgIpc) is 2.58. The molecule has 1 aliphatic carbocycles. The van der Waals surface area contributed by atoms with Gasteiger partial charge >= 0.3 is 0 Å². The van der Waals surface area contributed by atoms with Crippen molar-refractivity contribution in [3.63, 3.8) is 0 Å². The van der Waals surface area contributed by atoms with E-state index in [1.807, 2.05) is 12.1 Å². The molecule has 0 heterocycles. The topological polar surface area (TPSA) is 42.2 Å².